The van der Waals surface area contributed by atoms with Gasteiger partial charge in [-0.3, -0.25) is 4.79 Å². The van der Waals surface area contributed by atoms with E-state index in [1.54, 1.807) is 30.5 Å². The Morgan fingerprint density at radius 3 is 2.74 bits per heavy atom. The lowest BCUT2D eigenvalue weighted by molar-refractivity contribution is 0.0934. The van der Waals surface area contributed by atoms with Crippen LogP contribution in [0.2, 0.25) is 5.28 Å². The zero-order valence-corrected chi connectivity index (χ0v) is 12.3. The Morgan fingerprint density at radius 2 is 2.16 bits per heavy atom. The van der Waals surface area contributed by atoms with Crippen LogP contribution in [-0.4, -0.2) is 20.9 Å². The van der Waals surface area contributed by atoms with Crippen LogP contribution >= 0.6 is 22.9 Å². The van der Waals surface area contributed by atoms with Crippen LogP contribution in [0.4, 0.5) is 0 Å². The molecule has 5 nitrogen and oxygen atoms in total. The highest BCUT2D eigenvalue weighted by Crippen LogP contribution is 2.19. The van der Waals surface area contributed by atoms with Gasteiger partial charge in [0.2, 0.25) is 5.28 Å². The molecule has 0 aliphatic carbocycles. The minimum Gasteiger partial charge on any atom is -0.342 e. The van der Waals surface area contributed by atoms with E-state index in [-0.39, 0.29) is 22.9 Å². The zero-order chi connectivity index (χ0) is 14.0. The first kappa shape index (κ1) is 13.9. The minimum atomic E-state index is -0.284. The highest BCUT2D eigenvalue weighted by Gasteiger charge is 2.16. The lowest BCUT2D eigenvalue weighted by Gasteiger charge is -2.11. The topological polar surface area (TPSA) is 67.8 Å². The highest BCUT2D eigenvalue weighted by molar-refractivity contribution is 7.11. The van der Waals surface area contributed by atoms with E-state index in [1.807, 2.05) is 13.8 Å². The fourth-order valence-electron chi connectivity index (χ4n) is 1.55. The molecule has 0 fully saturated rings. The van der Waals surface area contributed by atoms with Crippen molar-refractivity contribution in [2.45, 2.75) is 26.8 Å². The Hall–Kier alpha value is -1.53. The molecule has 2 rings (SSSR count). The first-order valence-electron chi connectivity index (χ1n) is 5.70. The van der Waals surface area contributed by atoms with Crippen molar-refractivity contribution >= 4 is 28.8 Å². The summed E-state index contributed by atoms with van der Waals surface area (Å²) >= 11 is 7.29. The number of hydrogen-bond acceptors (Lipinski definition) is 5. The first-order chi connectivity index (χ1) is 8.95. The maximum absolute atomic E-state index is 12.1. The van der Waals surface area contributed by atoms with Crippen molar-refractivity contribution in [2.75, 3.05) is 0 Å². The lowest BCUT2D eigenvalue weighted by atomic mass is 10.3. The largest absolute Gasteiger partial charge is 0.342 e. The molecule has 0 aromatic carbocycles. The molecule has 2 aromatic heterocycles. The lowest BCUT2D eigenvalue weighted by Crippen LogP contribution is -2.27. The Morgan fingerprint density at radius 1 is 1.42 bits per heavy atom. The predicted molar refractivity (Wildman–Crippen MR) is 74.5 cm³/mol. The van der Waals surface area contributed by atoms with Crippen LogP contribution in [0, 0.1) is 13.8 Å². The molecule has 7 heteroatoms. The van der Waals surface area contributed by atoms with Crippen LogP contribution in [0.1, 0.15) is 39.0 Å². The summed E-state index contributed by atoms with van der Waals surface area (Å²) in [6, 6.07) is 1.43. The van der Waals surface area contributed by atoms with Gasteiger partial charge < -0.3 is 5.32 Å². The van der Waals surface area contributed by atoms with Crippen molar-refractivity contribution in [1.82, 2.24) is 20.3 Å². The normalized spacial score (nSPS) is 12.2. The summed E-state index contributed by atoms with van der Waals surface area (Å²) in [7, 11) is 0. The molecule has 0 saturated carbocycles. The molecule has 2 heterocycles. The summed E-state index contributed by atoms with van der Waals surface area (Å²) in [6.07, 6.45) is 1.79. The molecule has 19 heavy (non-hydrogen) atoms. The summed E-state index contributed by atoms with van der Waals surface area (Å²) in [5.74, 6) is -0.284. The number of nitrogens with one attached hydrogen (secondary N) is 1. The van der Waals surface area contributed by atoms with E-state index in [2.05, 4.69) is 20.3 Å². The molecule has 1 atom stereocenters. The number of aromatic nitrogens is 3. The third-order valence-corrected chi connectivity index (χ3v) is 3.68. The van der Waals surface area contributed by atoms with E-state index in [9.17, 15) is 4.79 Å². The van der Waals surface area contributed by atoms with Crippen LogP contribution in [0.5, 0.6) is 0 Å². The van der Waals surface area contributed by atoms with Gasteiger partial charge in [0.15, 0.2) is 0 Å². The number of carbonyl (C=O) groups is 1. The van der Waals surface area contributed by atoms with Crippen LogP contribution < -0.4 is 5.32 Å². The second kappa shape index (κ2) is 5.63. The summed E-state index contributed by atoms with van der Waals surface area (Å²) in [5.41, 5.74) is 0.917. The van der Waals surface area contributed by atoms with Crippen molar-refractivity contribution in [3.05, 3.63) is 38.8 Å². The number of hydrogen-bond donors (Lipinski definition) is 1. The predicted octanol–water partition coefficient (Wildman–Crippen LogP) is 2.69. The second-order valence-electron chi connectivity index (χ2n) is 4.17. The molecular weight excluding hydrogens is 284 g/mol. The zero-order valence-electron chi connectivity index (χ0n) is 10.8. The summed E-state index contributed by atoms with van der Waals surface area (Å²) in [4.78, 5) is 25.2. The van der Waals surface area contributed by atoms with E-state index in [0.717, 1.165) is 9.88 Å². The molecule has 1 N–H and O–H groups in total. The molecule has 1 amide bonds. The number of nitrogens with zero attached hydrogens (tertiary/aromatic N) is 3. The number of rotatable bonds is 3. The van der Waals surface area contributed by atoms with E-state index in [4.69, 9.17) is 11.6 Å². The van der Waals surface area contributed by atoms with Gasteiger partial charge in [0.1, 0.15) is 10.7 Å². The van der Waals surface area contributed by atoms with Gasteiger partial charge >= 0.3 is 0 Å². The molecule has 0 aliphatic rings. The number of thiazole rings is 1. The van der Waals surface area contributed by atoms with Crippen molar-refractivity contribution in [1.29, 1.82) is 0 Å². The average molecular weight is 297 g/mol. The molecule has 0 saturated heterocycles. The second-order valence-corrected chi connectivity index (χ2v) is 5.77. The number of aryl methyl sites for hydroxylation is 2. The maximum atomic E-state index is 12.1. The van der Waals surface area contributed by atoms with Gasteiger partial charge in [-0.15, -0.1) is 11.3 Å². The molecular formula is C12H13ClN4OS. The van der Waals surface area contributed by atoms with E-state index in [1.165, 1.54) is 0 Å². The fraction of sp³-hybridized carbons (Fsp3) is 0.333. The Bertz CT molecular complexity index is 593. The standard InChI is InChI=1S/C12H13ClN4OS/c1-6-4-9(17-12(13)15-6)10(18)16-8(3)11-14-5-7(2)19-11/h4-5,8H,1-3H3,(H,16,18). The molecule has 0 bridgehead atoms. The van der Waals surface area contributed by atoms with Gasteiger partial charge in [-0.2, -0.15) is 0 Å². The van der Waals surface area contributed by atoms with Gasteiger partial charge in [0.25, 0.3) is 5.91 Å². The Kier molecular flexibility index (Phi) is 4.11. The third kappa shape index (κ3) is 3.48. The van der Waals surface area contributed by atoms with Crippen molar-refractivity contribution in [2.24, 2.45) is 0 Å². The summed E-state index contributed by atoms with van der Waals surface area (Å²) in [5, 5.41) is 3.78. The van der Waals surface area contributed by atoms with Gasteiger partial charge in [0, 0.05) is 16.8 Å². The molecule has 100 valence electrons. The molecule has 1 unspecified atom stereocenters. The maximum Gasteiger partial charge on any atom is 0.270 e. The monoisotopic (exact) mass is 296 g/mol. The molecule has 0 radical (unpaired) electrons. The molecule has 0 aliphatic heterocycles. The summed E-state index contributed by atoms with van der Waals surface area (Å²) < 4.78 is 0. The van der Waals surface area contributed by atoms with Gasteiger partial charge in [-0.05, 0) is 38.4 Å². The fourth-order valence-corrected chi connectivity index (χ4v) is 2.55. The summed E-state index contributed by atoms with van der Waals surface area (Å²) in [6.45, 7) is 5.62. The Labute approximate surface area is 120 Å². The minimum absolute atomic E-state index is 0.0721. The van der Waals surface area contributed by atoms with Crippen LogP contribution in [0.3, 0.4) is 0 Å². The van der Waals surface area contributed by atoms with E-state index >= 15 is 0 Å². The van der Waals surface area contributed by atoms with Crippen molar-refractivity contribution in [3.8, 4) is 0 Å². The average Bonchev–Trinajstić information content (AvgIpc) is 2.74. The highest BCUT2D eigenvalue weighted by atomic mass is 35.5. The third-order valence-electron chi connectivity index (χ3n) is 2.42. The smallest absolute Gasteiger partial charge is 0.270 e. The van der Waals surface area contributed by atoms with E-state index < -0.39 is 0 Å². The van der Waals surface area contributed by atoms with Crippen LogP contribution in [-0.2, 0) is 0 Å². The van der Waals surface area contributed by atoms with E-state index in [0.29, 0.717) is 5.69 Å². The number of carbonyl (C=O) groups excluding carboxylic acids is 1. The Balaban J connectivity index is 2.12. The molecule has 2 aromatic rings. The van der Waals surface area contributed by atoms with Gasteiger partial charge in [0.05, 0.1) is 6.04 Å². The van der Waals surface area contributed by atoms with Crippen molar-refractivity contribution < 1.29 is 4.79 Å². The van der Waals surface area contributed by atoms with Crippen molar-refractivity contribution in [3.63, 3.8) is 0 Å². The quantitative estimate of drug-likeness (QED) is 0.884. The molecule has 0 spiro atoms. The first-order valence-corrected chi connectivity index (χ1v) is 6.89. The van der Waals surface area contributed by atoms with Gasteiger partial charge in [-0.25, -0.2) is 15.0 Å². The van der Waals surface area contributed by atoms with Crippen LogP contribution in [0.15, 0.2) is 12.3 Å². The SMILES string of the molecule is Cc1cc(C(=O)NC(C)c2ncc(C)s2)nc(Cl)n1. The van der Waals surface area contributed by atoms with Gasteiger partial charge in [-0.1, -0.05) is 0 Å². The van der Waals surface area contributed by atoms with Crippen LogP contribution in [0.25, 0.3) is 0 Å². The number of halogens is 1. The number of amides is 1.